The lowest BCUT2D eigenvalue weighted by Gasteiger charge is -2.04. The van der Waals surface area contributed by atoms with E-state index in [2.05, 4.69) is 10.2 Å². The molecule has 0 aliphatic carbocycles. The topological polar surface area (TPSA) is 54.7 Å². The first kappa shape index (κ1) is 11.9. The maximum absolute atomic E-state index is 13.8. The fraction of sp³-hybridized carbons (Fsp3) is 0. The number of H-pyrrole nitrogens is 1. The van der Waals surface area contributed by atoms with E-state index in [-0.39, 0.29) is 5.56 Å². The van der Waals surface area contributed by atoms with Gasteiger partial charge in [0.15, 0.2) is 5.82 Å². The molecule has 3 rings (SSSR count). The second-order valence-electron chi connectivity index (χ2n) is 3.96. The molecule has 0 bridgehead atoms. The average Bonchev–Trinajstić information content (AvgIpc) is 2.98. The second-order valence-corrected chi connectivity index (χ2v) is 4.91. The Labute approximate surface area is 111 Å². The van der Waals surface area contributed by atoms with Crippen LogP contribution >= 0.6 is 11.3 Å². The molecule has 0 saturated carbocycles. The number of nitrogen functional groups attached to an aromatic ring is 1. The van der Waals surface area contributed by atoms with Crippen molar-refractivity contribution in [2.75, 3.05) is 5.73 Å². The summed E-state index contributed by atoms with van der Waals surface area (Å²) < 4.78 is 26.8. The summed E-state index contributed by atoms with van der Waals surface area (Å²) in [5, 5.41) is 8.52. The van der Waals surface area contributed by atoms with Crippen LogP contribution in [0.5, 0.6) is 0 Å². The van der Waals surface area contributed by atoms with Crippen LogP contribution in [0.1, 0.15) is 0 Å². The normalized spacial score (nSPS) is 10.8. The Morgan fingerprint density at radius 2 is 2.05 bits per heavy atom. The number of rotatable bonds is 2. The highest BCUT2D eigenvalue weighted by Crippen LogP contribution is 2.37. The van der Waals surface area contributed by atoms with Crippen molar-refractivity contribution in [1.29, 1.82) is 0 Å². The van der Waals surface area contributed by atoms with Gasteiger partial charge in [0.25, 0.3) is 0 Å². The van der Waals surface area contributed by atoms with E-state index in [0.717, 1.165) is 10.9 Å². The lowest BCUT2D eigenvalue weighted by Crippen LogP contribution is -1.89. The molecule has 0 aliphatic rings. The van der Waals surface area contributed by atoms with Gasteiger partial charge in [0.05, 0.1) is 11.3 Å². The number of benzene rings is 1. The second kappa shape index (κ2) is 4.47. The van der Waals surface area contributed by atoms with Gasteiger partial charge in [-0.2, -0.15) is 5.10 Å². The Kier molecular flexibility index (Phi) is 2.79. The zero-order valence-corrected chi connectivity index (χ0v) is 10.5. The predicted molar refractivity (Wildman–Crippen MR) is 71.7 cm³/mol. The Morgan fingerprint density at radius 1 is 1.21 bits per heavy atom. The first-order valence-electron chi connectivity index (χ1n) is 5.50. The zero-order valence-electron chi connectivity index (χ0n) is 9.65. The smallest absolute Gasteiger partial charge is 0.154 e. The van der Waals surface area contributed by atoms with Crippen LogP contribution in [0.25, 0.3) is 21.7 Å². The van der Waals surface area contributed by atoms with Crippen LogP contribution in [0.15, 0.2) is 35.7 Å². The van der Waals surface area contributed by atoms with Crippen molar-refractivity contribution in [3.05, 3.63) is 47.3 Å². The highest BCUT2D eigenvalue weighted by atomic mass is 32.1. The molecule has 1 aromatic carbocycles. The minimum absolute atomic E-state index is 0.244. The molecule has 3 aromatic rings. The van der Waals surface area contributed by atoms with Gasteiger partial charge in [0, 0.05) is 16.5 Å². The number of halogens is 2. The third kappa shape index (κ3) is 2.00. The Hall–Kier alpha value is -2.21. The molecule has 3 nitrogen and oxygen atoms in total. The van der Waals surface area contributed by atoms with Crippen molar-refractivity contribution in [2.24, 2.45) is 0 Å². The standard InChI is InChI=1S/C13H9F2N3S/c14-7-3-4-8(9(15)6-7)12-11(13(16)18-17-12)10-2-1-5-19-10/h1-6H,(H3,16,17,18). The van der Waals surface area contributed by atoms with Crippen LogP contribution in [-0.2, 0) is 0 Å². The number of aromatic nitrogens is 2. The molecule has 0 fully saturated rings. The van der Waals surface area contributed by atoms with Gasteiger partial charge in [-0.25, -0.2) is 8.78 Å². The lowest BCUT2D eigenvalue weighted by atomic mass is 10.1. The van der Waals surface area contributed by atoms with Crippen molar-refractivity contribution >= 4 is 17.2 Å². The first-order chi connectivity index (χ1) is 9.16. The number of hydrogen-bond donors (Lipinski definition) is 2. The van der Waals surface area contributed by atoms with E-state index in [9.17, 15) is 8.78 Å². The average molecular weight is 277 g/mol. The van der Waals surface area contributed by atoms with Crippen LogP contribution in [-0.4, -0.2) is 10.2 Å². The van der Waals surface area contributed by atoms with E-state index in [0.29, 0.717) is 17.1 Å². The molecule has 0 aliphatic heterocycles. The SMILES string of the molecule is Nc1n[nH]c(-c2ccc(F)cc2F)c1-c1cccs1. The highest BCUT2D eigenvalue weighted by molar-refractivity contribution is 7.13. The summed E-state index contributed by atoms with van der Waals surface area (Å²) in [5.74, 6) is -0.978. The summed E-state index contributed by atoms with van der Waals surface area (Å²) in [7, 11) is 0. The Bertz CT molecular complexity index is 720. The summed E-state index contributed by atoms with van der Waals surface area (Å²) >= 11 is 1.48. The fourth-order valence-corrected chi connectivity index (χ4v) is 2.70. The van der Waals surface area contributed by atoms with Crippen molar-refractivity contribution in [1.82, 2.24) is 10.2 Å². The molecule has 0 unspecified atom stereocenters. The summed E-state index contributed by atoms with van der Waals surface area (Å²) in [5.41, 5.74) is 7.16. The van der Waals surface area contributed by atoms with Gasteiger partial charge in [-0.15, -0.1) is 11.3 Å². The Balaban J connectivity index is 2.21. The third-order valence-electron chi connectivity index (χ3n) is 2.76. The number of nitrogens with zero attached hydrogens (tertiary/aromatic N) is 1. The maximum atomic E-state index is 13.8. The van der Waals surface area contributed by atoms with Gasteiger partial charge in [0.1, 0.15) is 11.6 Å². The minimum atomic E-state index is -0.651. The molecule has 2 aromatic heterocycles. The quantitative estimate of drug-likeness (QED) is 0.751. The van der Waals surface area contributed by atoms with E-state index in [1.807, 2.05) is 17.5 Å². The summed E-state index contributed by atoms with van der Waals surface area (Å²) in [4.78, 5) is 0.880. The molecule has 3 N–H and O–H groups in total. The molecule has 0 radical (unpaired) electrons. The summed E-state index contributed by atoms with van der Waals surface area (Å²) in [6.45, 7) is 0. The van der Waals surface area contributed by atoms with Crippen molar-refractivity contribution in [3.8, 4) is 21.7 Å². The molecule has 6 heteroatoms. The van der Waals surface area contributed by atoms with Gasteiger partial charge in [-0.3, -0.25) is 5.10 Å². The van der Waals surface area contributed by atoms with Crippen molar-refractivity contribution in [2.45, 2.75) is 0 Å². The van der Waals surface area contributed by atoms with Crippen LogP contribution in [0.3, 0.4) is 0 Å². The Morgan fingerprint density at radius 3 is 2.74 bits per heavy atom. The molecule has 0 spiro atoms. The molecular formula is C13H9F2N3S. The number of nitrogens with one attached hydrogen (secondary N) is 1. The van der Waals surface area contributed by atoms with Gasteiger partial charge >= 0.3 is 0 Å². The third-order valence-corrected chi connectivity index (χ3v) is 3.65. The molecule has 0 atom stereocenters. The molecular weight excluding hydrogens is 268 g/mol. The van der Waals surface area contributed by atoms with Gasteiger partial charge in [0.2, 0.25) is 0 Å². The number of aromatic amines is 1. The minimum Gasteiger partial charge on any atom is -0.382 e. The fourth-order valence-electron chi connectivity index (χ4n) is 1.91. The largest absolute Gasteiger partial charge is 0.382 e. The monoisotopic (exact) mass is 277 g/mol. The molecule has 2 heterocycles. The van der Waals surface area contributed by atoms with E-state index >= 15 is 0 Å². The molecule has 19 heavy (non-hydrogen) atoms. The van der Waals surface area contributed by atoms with Crippen LogP contribution in [0.4, 0.5) is 14.6 Å². The van der Waals surface area contributed by atoms with Crippen molar-refractivity contribution < 1.29 is 8.78 Å². The number of hydrogen-bond acceptors (Lipinski definition) is 3. The van der Waals surface area contributed by atoms with Gasteiger partial charge in [-0.05, 0) is 23.6 Å². The molecule has 0 amide bonds. The van der Waals surface area contributed by atoms with Crippen LogP contribution in [0, 0.1) is 11.6 Å². The molecule has 0 saturated heterocycles. The number of anilines is 1. The van der Waals surface area contributed by atoms with Gasteiger partial charge < -0.3 is 5.73 Å². The van der Waals surface area contributed by atoms with E-state index < -0.39 is 11.6 Å². The van der Waals surface area contributed by atoms with E-state index in [4.69, 9.17) is 5.73 Å². The van der Waals surface area contributed by atoms with Gasteiger partial charge in [-0.1, -0.05) is 6.07 Å². The van der Waals surface area contributed by atoms with Crippen LogP contribution < -0.4 is 5.73 Å². The predicted octanol–water partition coefficient (Wildman–Crippen LogP) is 3.67. The maximum Gasteiger partial charge on any atom is 0.154 e. The number of thiophene rings is 1. The first-order valence-corrected chi connectivity index (χ1v) is 6.38. The highest BCUT2D eigenvalue weighted by Gasteiger charge is 2.18. The number of nitrogens with two attached hydrogens (primary N) is 1. The van der Waals surface area contributed by atoms with Crippen LogP contribution in [0.2, 0.25) is 0 Å². The van der Waals surface area contributed by atoms with Crippen molar-refractivity contribution in [3.63, 3.8) is 0 Å². The summed E-state index contributed by atoms with van der Waals surface area (Å²) in [6.07, 6.45) is 0. The van der Waals surface area contributed by atoms with E-state index in [1.54, 1.807) is 0 Å². The lowest BCUT2D eigenvalue weighted by molar-refractivity contribution is 0.585. The molecule has 96 valence electrons. The zero-order chi connectivity index (χ0) is 13.4. The van der Waals surface area contributed by atoms with E-state index in [1.165, 1.54) is 23.5 Å². The summed E-state index contributed by atoms with van der Waals surface area (Å²) in [6, 6.07) is 7.15.